The summed E-state index contributed by atoms with van der Waals surface area (Å²) in [7, 11) is 2.40. The third-order valence-corrected chi connectivity index (χ3v) is 15.9. The van der Waals surface area contributed by atoms with E-state index in [0.29, 0.717) is 40.8 Å². The van der Waals surface area contributed by atoms with Crippen LogP contribution in [0.25, 0.3) is 11.3 Å². The number of ketones is 1. The van der Waals surface area contributed by atoms with Gasteiger partial charge >= 0.3 is 11.9 Å². The molecular formula is C61H79F4N9O9. The number of hydrogen-bond donors (Lipinski definition) is 3. The average molecular weight is 1160 g/mol. The van der Waals surface area contributed by atoms with Gasteiger partial charge in [0.1, 0.15) is 18.2 Å². The summed E-state index contributed by atoms with van der Waals surface area (Å²) in [6.07, 6.45) is 1.82. The molecule has 0 radical (unpaired) electrons. The number of hydrazine groups is 1. The Labute approximate surface area is 483 Å². The van der Waals surface area contributed by atoms with E-state index < -0.39 is 114 Å². The maximum absolute atomic E-state index is 16.3. The number of piperazine rings is 1. The summed E-state index contributed by atoms with van der Waals surface area (Å²) < 4.78 is 75.0. The molecule has 3 aliphatic rings. The fourth-order valence-corrected chi connectivity index (χ4v) is 11.1. The van der Waals surface area contributed by atoms with Crippen LogP contribution in [0.2, 0.25) is 0 Å². The Morgan fingerprint density at radius 1 is 0.819 bits per heavy atom. The highest BCUT2D eigenvalue weighted by atomic mass is 19.3. The van der Waals surface area contributed by atoms with Crippen LogP contribution in [0.5, 0.6) is 0 Å². The molecule has 2 bridgehead atoms. The van der Waals surface area contributed by atoms with Crippen molar-refractivity contribution < 1.29 is 60.9 Å². The van der Waals surface area contributed by atoms with Crippen molar-refractivity contribution in [1.82, 2.24) is 40.4 Å². The average Bonchev–Trinajstić information content (AvgIpc) is 3.23. The number of methoxy groups -OCH3 is 2. The van der Waals surface area contributed by atoms with Crippen LogP contribution in [0.3, 0.4) is 0 Å². The van der Waals surface area contributed by atoms with Crippen LogP contribution < -0.4 is 15.6 Å². The molecule has 22 heteroatoms. The van der Waals surface area contributed by atoms with E-state index in [-0.39, 0.29) is 42.9 Å². The van der Waals surface area contributed by atoms with Gasteiger partial charge in [-0.3, -0.25) is 39.0 Å². The van der Waals surface area contributed by atoms with E-state index in [1.807, 2.05) is 0 Å². The van der Waals surface area contributed by atoms with Crippen molar-refractivity contribution in [3.05, 3.63) is 94.9 Å². The number of nitrogens with one attached hydrogen (secondary N) is 2. The first kappa shape index (κ1) is 63.8. The summed E-state index contributed by atoms with van der Waals surface area (Å²) in [5.41, 5.74) is 2.34. The minimum atomic E-state index is -2.72. The van der Waals surface area contributed by atoms with Crippen LogP contribution in [0, 0.1) is 58.0 Å². The first-order valence-electron chi connectivity index (χ1n) is 28.2. The van der Waals surface area contributed by atoms with Gasteiger partial charge in [-0.1, -0.05) is 79.4 Å². The monoisotopic (exact) mass is 1160 g/mol. The summed E-state index contributed by atoms with van der Waals surface area (Å²) in [5, 5.41) is 20.5. The number of alkyl halides is 2. The third-order valence-electron chi connectivity index (χ3n) is 15.9. The third kappa shape index (κ3) is 16.9. The molecule has 18 nitrogen and oxygen atoms in total. The zero-order chi connectivity index (χ0) is 60.5. The molecule has 3 saturated heterocycles. The zero-order valence-electron chi connectivity index (χ0n) is 49.1. The number of esters is 2. The minimum absolute atomic E-state index is 0.0261. The molecule has 7 rings (SSSR count). The molecule has 5 heterocycles. The molecule has 7 atom stereocenters. The van der Waals surface area contributed by atoms with Gasteiger partial charge in [0.15, 0.2) is 5.78 Å². The maximum Gasteiger partial charge on any atom is 0.306 e. The molecule has 450 valence electrons. The lowest BCUT2D eigenvalue weighted by Crippen LogP contribution is -2.62. The number of carbonyl (C=O) groups is 5. The van der Waals surface area contributed by atoms with Crippen molar-refractivity contribution in [3.8, 4) is 23.1 Å². The number of nitrogens with zero attached hydrogens (tertiary/aromatic N) is 7. The molecule has 3 fully saturated rings. The number of rotatable bonds is 24. The zero-order valence-corrected chi connectivity index (χ0v) is 49.1. The van der Waals surface area contributed by atoms with E-state index in [0.717, 1.165) is 61.0 Å². The lowest BCUT2D eigenvalue weighted by molar-refractivity contribution is -0.148. The number of amides is 2. The SMILES string of the molecule is COC(=O)C[C@H](C(=O)N[C@H](C(=O)C[C@@H](Cc1ccc(C#Cc2cnc(N3CC4CCC(C3)N4C3COC3)nc2)cc1)[C@@H](O)CN(Cc1c(F)cc(-c2ccn(CC(F)F)n2)cc1F)NC(=O)[C@@H](CC(=O)OC)C(C)(C)C)C(C)(C)C)C(C)C. The number of halogens is 4. The summed E-state index contributed by atoms with van der Waals surface area (Å²) in [4.78, 5) is 82.3. The fourth-order valence-electron chi connectivity index (χ4n) is 11.1. The van der Waals surface area contributed by atoms with Gasteiger partial charge in [0.25, 0.3) is 6.43 Å². The number of aliphatic hydroxyl groups is 1. The Kier molecular flexibility index (Phi) is 21.3. The predicted molar refractivity (Wildman–Crippen MR) is 301 cm³/mol. The predicted octanol–water partition coefficient (Wildman–Crippen LogP) is 6.94. The Hall–Kier alpha value is -6.80. The number of carbonyl (C=O) groups excluding carboxylic acids is 5. The molecular weight excluding hydrogens is 1080 g/mol. The fraction of sp³-hybridized carbons (Fsp3) is 0.574. The van der Waals surface area contributed by atoms with Crippen LogP contribution in [0.1, 0.15) is 110 Å². The lowest BCUT2D eigenvalue weighted by Gasteiger charge is -2.47. The van der Waals surface area contributed by atoms with E-state index >= 15 is 8.78 Å². The van der Waals surface area contributed by atoms with Crippen molar-refractivity contribution in [2.24, 2.45) is 34.5 Å². The molecule has 2 aromatic heterocycles. The second kappa shape index (κ2) is 27.7. The number of anilines is 1. The van der Waals surface area contributed by atoms with Gasteiger partial charge in [-0.05, 0) is 77.8 Å². The van der Waals surface area contributed by atoms with E-state index in [9.17, 15) is 37.9 Å². The Bertz CT molecular complexity index is 2930. The number of fused-ring (bicyclic) bond motifs is 2. The van der Waals surface area contributed by atoms with Crippen molar-refractivity contribution in [2.45, 2.75) is 144 Å². The molecule has 2 aromatic carbocycles. The number of benzene rings is 2. The Morgan fingerprint density at radius 2 is 1.42 bits per heavy atom. The highest BCUT2D eigenvalue weighted by Gasteiger charge is 2.46. The Morgan fingerprint density at radius 3 is 1.96 bits per heavy atom. The van der Waals surface area contributed by atoms with Crippen LogP contribution in [-0.4, -0.2) is 148 Å². The van der Waals surface area contributed by atoms with Crippen LogP contribution >= 0.6 is 0 Å². The maximum atomic E-state index is 16.3. The summed E-state index contributed by atoms with van der Waals surface area (Å²) >= 11 is 0. The van der Waals surface area contributed by atoms with E-state index in [1.54, 1.807) is 92.0 Å². The lowest BCUT2D eigenvalue weighted by atomic mass is 9.78. The quantitative estimate of drug-likeness (QED) is 0.0281. The molecule has 0 aliphatic carbocycles. The van der Waals surface area contributed by atoms with Crippen LogP contribution in [-0.2, 0) is 57.7 Å². The van der Waals surface area contributed by atoms with Gasteiger partial charge in [-0.25, -0.2) is 32.5 Å². The highest BCUT2D eigenvalue weighted by Crippen LogP contribution is 2.36. The topological polar surface area (TPSA) is 211 Å². The van der Waals surface area contributed by atoms with Crippen molar-refractivity contribution in [3.63, 3.8) is 0 Å². The van der Waals surface area contributed by atoms with Gasteiger partial charge in [0, 0.05) is 80.0 Å². The summed E-state index contributed by atoms with van der Waals surface area (Å²) in [6.45, 7) is 15.4. The Balaban J connectivity index is 1.16. The van der Waals surface area contributed by atoms with Gasteiger partial charge < -0.3 is 29.5 Å². The van der Waals surface area contributed by atoms with E-state index in [1.165, 1.54) is 26.5 Å². The highest BCUT2D eigenvalue weighted by molar-refractivity contribution is 5.92. The molecule has 2 unspecified atom stereocenters. The molecule has 3 aliphatic heterocycles. The molecule has 0 spiro atoms. The number of ether oxygens (including phenoxy) is 3. The van der Waals surface area contributed by atoms with Gasteiger partial charge in [-0.2, -0.15) is 5.10 Å². The number of hydrogen-bond acceptors (Lipinski definition) is 15. The first-order valence-corrected chi connectivity index (χ1v) is 28.2. The largest absolute Gasteiger partial charge is 0.469 e. The smallest absolute Gasteiger partial charge is 0.306 e. The van der Waals surface area contributed by atoms with Crippen LogP contribution in [0.15, 0.2) is 61.1 Å². The minimum Gasteiger partial charge on any atom is -0.469 e. The first-order chi connectivity index (χ1) is 39.2. The van der Waals surface area contributed by atoms with Crippen molar-refractivity contribution in [1.29, 1.82) is 0 Å². The molecule has 3 N–H and O–H groups in total. The summed E-state index contributed by atoms with van der Waals surface area (Å²) in [5.74, 6) is -1.39. The van der Waals surface area contributed by atoms with E-state index in [4.69, 9.17) is 14.2 Å². The molecule has 0 saturated carbocycles. The number of aliphatic hydroxyl groups excluding tert-OH is 1. The van der Waals surface area contributed by atoms with E-state index in [2.05, 4.69) is 47.4 Å². The van der Waals surface area contributed by atoms with Gasteiger partial charge in [0.2, 0.25) is 17.8 Å². The van der Waals surface area contributed by atoms with Gasteiger partial charge in [0.05, 0.1) is 81.6 Å². The number of aromatic nitrogens is 4. The van der Waals surface area contributed by atoms with Gasteiger partial charge in [-0.15, -0.1) is 0 Å². The number of Topliss-reactive ketones (excluding diaryl/α,β-unsaturated/α-hetero) is 1. The summed E-state index contributed by atoms with van der Waals surface area (Å²) in [6, 6.07) is 10.7. The van der Waals surface area contributed by atoms with Crippen LogP contribution in [0.4, 0.5) is 23.5 Å². The standard InChI is InChI=1S/C61H79F4N9O9/c1-36(2)45(25-54(77)81-9)57(79)68-56(61(6,7)8)51(75)24-41(21-38-14-11-37(12-15-38)13-16-39-27-66-59(67-28-39)71-29-42-17-18-43(30-71)74(42)44-34-83-35-44)52(76)32-73(70-58(80)47(60(3,4)5)26-55(78)82-10)31-46-48(62)22-40(23-49(46)63)50-19-20-72(69-50)33-53(64)65/h11-12,14-15,19-20,22-23,27-28,36,41-45,47,52-53,56,76H,17-18,21,24-26,29-35H2,1-10H3,(H,68,79)(H,70,80)/t41-,42?,43?,45+,47-,52+,56-/m1/s1. The van der Waals surface area contributed by atoms with Crippen molar-refractivity contribution >= 4 is 35.5 Å². The second-order valence-electron chi connectivity index (χ2n) is 24.6. The molecule has 2 amide bonds. The second-order valence-corrected chi connectivity index (χ2v) is 24.6. The normalized spacial score (nSPS) is 18.4. The molecule has 83 heavy (non-hydrogen) atoms. The van der Waals surface area contributed by atoms with Crippen molar-refractivity contribution in [2.75, 3.05) is 52.0 Å². The molecule has 4 aromatic rings.